The van der Waals surface area contributed by atoms with Gasteiger partial charge >= 0.3 is 18.1 Å². The number of nitrogens with one attached hydrogen (secondary N) is 1. The molecule has 0 saturated heterocycles. The first-order valence-electron chi connectivity index (χ1n) is 4.58. The van der Waals surface area contributed by atoms with Crippen molar-refractivity contribution in [1.82, 2.24) is 5.32 Å². The summed E-state index contributed by atoms with van der Waals surface area (Å²) in [6.07, 6.45) is -5.11. The number of benzene rings is 1. The van der Waals surface area contributed by atoms with Crippen molar-refractivity contribution < 1.29 is 27.9 Å². The molecule has 1 rings (SSSR count). The van der Waals surface area contributed by atoms with Crippen LogP contribution in [-0.4, -0.2) is 23.2 Å². The maximum atomic E-state index is 12.0. The van der Waals surface area contributed by atoms with Crippen LogP contribution in [0.3, 0.4) is 0 Å². The van der Waals surface area contributed by atoms with Gasteiger partial charge in [-0.1, -0.05) is 12.1 Å². The van der Waals surface area contributed by atoms with Crippen molar-refractivity contribution in [2.75, 3.05) is 0 Å². The minimum Gasteiger partial charge on any atom is -0.479 e. The Morgan fingerprint density at radius 3 is 2.11 bits per heavy atom. The maximum Gasteiger partial charge on any atom is 0.471 e. The third kappa shape index (κ3) is 3.86. The first-order valence-corrected chi connectivity index (χ1v) is 5.65. The molecule has 0 saturated carbocycles. The average molecular weight is 373 g/mol. The lowest BCUT2D eigenvalue weighted by molar-refractivity contribution is -0.175. The number of rotatable bonds is 3. The van der Waals surface area contributed by atoms with Crippen LogP contribution in [0.5, 0.6) is 0 Å². The predicted octanol–water partition coefficient (Wildman–Crippen LogP) is 2.10. The van der Waals surface area contributed by atoms with E-state index in [1.165, 1.54) is 29.6 Å². The van der Waals surface area contributed by atoms with Gasteiger partial charge in [-0.2, -0.15) is 13.2 Å². The Morgan fingerprint density at radius 2 is 1.72 bits per heavy atom. The predicted molar refractivity (Wildman–Crippen MR) is 63.7 cm³/mol. The van der Waals surface area contributed by atoms with Crippen molar-refractivity contribution in [2.45, 2.75) is 12.2 Å². The summed E-state index contributed by atoms with van der Waals surface area (Å²) in [5.74, 6) is -3.85. The quantitative estimate of drug-likeness (QED) is 0.798. The molecule has 1 aromatic carbocycles. The van der Waals surface area contributed by atoms with Crippen molar-refractivity contribution >= 4 is 34.5 Å². The second-order valence-electron chi connectivity index (χ2n) is 3.29. The molecule has 4 nitrogen and oxygen atoms in total. The summed E-state index contributed by atoms with van der Waals surface area (Å²) in [6.45, 7) is 0. The van der Waals surface area contributed by atoms with Gasteiger partial charge in [-0.3, -0.25) is 4.79 Å². The molecule has 0 spiro atoms. The maximum absolute atomic E-state index is 12.0. The van der Waals surface area contributed by atoms with Crippen molar-refractivity contribution in [2.24, 2.45) is 0 Å². The fourth-order valence-corrected chi connectivity index (χ4v) is 1.52. The van der Waals surface area contributed by atoms with E-state index >= 15 is 0 Å². The summed E-state index contributed by atoms with van der Waals surface area (Å²) in [5, 5.41) is 10.3. The van der Waals surface area contributed by atoms with E-state index in [9.17, 15) is 22.8 Å². The second kappa shape index (κ2) is 5.55. The zero-order chi connectivity index (χ0) is 13.9. The van der Waals surface area contributed by atoms with E-state index in [1.54, 1.807) is 0 Å². The molecule has 1 aromatic rings. The van der Waals surface area contributed by atoms with Gasteiger partial charge in [0.05, 0.1) is 0 Å². The summed E-state index contributed by atoms with van der Waals surface area (Å²) in [6, 6.07) is 4.03. The Kier molecular flexibility index (Phi) is 4.54. The summed E-state index contributed by atoms with van der Waals surface area (Å²) in [4.78, 5) is 21.6. The molecule has 0 radical (unpaired) electrons. The summed E-state index contributed by atoms with van der Waals surface area (Å²) < 4.78 is 36.9. The molecular weight excluding hydrogens is 366 g/mol. The van der Waals surface area contributed by atoms with Crippen LogP contribution in [0.2, 0.25) is 0 Å². The van der Waals surface area contributed by atoms with Gasteiger partial charge in [0.15, 0.2) is 6.04 Å². The van der Waals surface area contributed by atoms with Gasteiger partial charge in [-0.05, 0) is 40.3 Å². The van der Waals surface area contributed by atoms with Crippen molar-refractivity contribution in [3.05, 3.63) is 33.4 Å². The molecule has 0 aromatic heterocycles. The van der Waals surface area contributed by atoms with Crippen molar-refractivity contribution in [3.63, 3.8) is 0 Å². The van der Waals surface area contributed by atoms with E-state index in [2.05, 4.69) is 0 Å². The van der Waals surface area contributed by atoms with E-state index in [1.807, 2.05) is 22.6 Å². The minimum atomic E-state index is -5.11. The Morgan fingerprint density at radius 1 is 1.22 bits per heavy atom. The van der Waals surface area contributed by atoms with Gasteiger partial charge in [-0.25, -0.2) is 4.79 Å². The molecule has 1 amide bonds. The minimum absolute atomic E-state index is 0.0699. The van der Waals surface area contributed by atoms with E-state index in [-0.39, 0.29) is 5.56 Å². The molecule has 0 aliphatic carbocycles. The highest BCUT2D eigenvalue weighted by atomic mass is 127. The van der Waals surface area contributed by atoms with E-state index in [0.29, 0.717) is 0 Å². The zero-order valence-electron chi connectivity index (χ0n) is 8.66. The number of carbonyl (C=O) groups excluding carboxylic acids is 1. The number of hydrogen-bond acceptors (Lipinski definition) is 2. The number of alkyl halides is 3. The summed E-state index contributed by atoms with van der Waals surface area (Å²) in [5.41, 5.74) is 0.0699. The molecule has 0 fully saturated rings. The normalized spacial score (nSPS) is 12.9. The Bertz CT molecular complexity index is 458. The molecule has 2 N–H and O–H groups in total. The van der Waals surface area contributed by atoms with Crippen LogP contribution in [0.25, 0.3) is 0 Å². The molecule has 98 valence electrons. The molecule has 0 heterocycles. The monoisotopic (exact) mass is 373 g/mol. The number of halogens is 4. The number of carboxylic acid groups (broad SMARTS) is 1. The highest BCUT2D eigenvalue weighted by Crippen LogP contribution is 2.20. The van der Waals surface area contributed by atoms with Crippen LogP contribution in [0.4, 0.5) is 13.2 Å². The first-order chi connectivity index (χ1) is 8.21. The van der Waals surface area contributed by atoms with Crippen LogP contribution < -0.4 is 5.32 Å². The van der Waals surface area contributed by atoms with Crippen molar-refractivity contribution in [3.8, 4) is 0 Å². The standard InChI is InChI=1S/C10H7F3INO3/c11-10(12,13)9(18)15-7(8(16)17)5-1-3-6(14)4-2-5/h1-4,7H,(H,15,18)(H,16,17). The van der Waals surface area contributed by atoms with Crippen LogP contribution in [0.15, 0.2) is 24.3 Å². The number of hydrogen-bond donors (Lipinski definition) is 2. The Balaban J connectivity index is 2.94. The lowest BCUT2D eigenvalue weighted by Gasteiger charge is -2.16. The van der Waals surface area contributed by atoms with Crippen molar-refractivity contribution in [1.29, 1.82) is 0 Å². The number of carboxylic acids is 1. The highest BCUT2D eigenvalue weighted by molar-refractivity contribution is 14.1. The molecule has 0 aliphatic rings. The summed E-state index contributed by atoms with van der Waals surface area (Å²) in [7, 11) is 0. The highest BCUT2D eigenvalue weighted by Gasteiger charge is 2.41. The zero-order valence-corrected chi connectivity index (χ0v) is 10.8. The lowest BCUT2D eigenvalue weighted by Crippen LogP contribution is -2.41. The number of aliphatic carboxylic acids is 1. The largest absolute Gasteiger partial charge is 0.479 e. The number of amides is 1. The Hall–Kier alpha value is -1.32. The SMILES string of the molecule is O=C(O)C(NC(=O)C(F)(F)F)c1ccc(I)cc1. The molecule has 0 bridgehead atoms. The molecule has 1 unspecified atom stereocenters. The van der Waals surface area contributed by atoms with Crippen LogP contribution in [-0.2, 0) is 9.59 Å². The average Bonchev–Trinajstić information content (AvgIpc) is 2.25. The van der Waals surface area contributed by atoms with E-state index in [0.717, 1.165) is 3.57 Å². The Labute approximate surface area is 113 Å². The molecule has 0 aliphatic heterocycles. The van der Waals surface area contributed by atoms with E-state index in [4.69, 9.17) is 5.11 Å². The fraction of sp³-hybridized carbons (Fsp3) is 0.200. The first kappa shape index (κ1) is 14.7. The topological polar surface area (TPSA) is 66.4 Å². The van der Waals surface area contributed by atoms with Gasteiger partial charge in [0.25, 0.3) is 0 Å². The molecular formula is C10H7F3INO3. The van der Waals surface area contributed by atoms with Gasteiger partial charge in [0, 0.05) is 3.57 Å². The molecule has 8 heteroatoms. The van der Waals surface area contributed by atoms with E-state index < -0.39 is 24.1 Å². The summed E-state index contributed by atoms with van der Waals surface area (Å²) >= 11 is 1.96. The van der Waals surface area contributed by atoms with Gasteiger partial charge in [0.2, 0.25) is 0 Å². The second-order valence-corrected chi connectivity index (χ2v) is 4.54. The van der Waals surface area contributed by atoms with Crippen LogP contribution in [0.1, 0.15) is 11.6 Å². The third-order valence-electron chi connectivity index (χ3n) is 1.98. The molecule has 1 atom stereocenters. The lowest BCUT2D eigenvalue weighted by atomic mass is 10.1. The van der Waals surface area contributed by atoms with Gasteiger partial charge in [-0.15, -0.1) is 0 Å². The molecule has 18 heavy (non-hydrogen) atoms. The fourth-order valence-electron chi connectivity index (χ4n) is 1.16. The number of carbonyl (C=O) groups is 2. The smallest absolute Gasteiger partial charge is 0.471 e. The van der Waals surface area contributed by atoms with Gasteiger partial charge in [0.1, 0.15) is 0 Å². The van der Waals surface area contributed by atoms with Gasteiger partial charge < -0.3 is 10.4 Å². The van der Waals surface area contributed by atoms with Crippen LogP contribution >= 0.6 is 22.6 Å². The van der Waals surface area contributed by atoms with Crippen LogP contribution in [0, 0.1) is 3.57 Å². The third-order valence-corrected chi connectivity index (χ3v) is 2.70.